The molecular formula is C13H26N2O. The van der Waals surface area contributed by atoms with Crippen molar-refractivity contribution in [2.45, 2.75) is 46.0 Å². The van der Waals surface area contributed by atoms with Crippen LogP contribution in [0.1, 0.15) is 46.0 Å². The van der Waals surface area contributed by atoms with Crippen LogP contribution < -0.4 is 5.73 Å². The van der Waals surface area contributed by atoms with Crippen molar-refractivity contribution in [3.8, 4) is 0 Å². The van der Waals surface area contributed by atoms with Gasteiger partial charge in [-0.3, -0.25) is 4.79 Å². The molecule has 1 saturated heterocycles. The maximum Gasteiger partial charge on any atom is 0.222 e. The molecule has 3 nitrogen and oxygen atoms in total. The maximum absolute atomic E-state index is 12.0. The molecule has 2 N–H and O–H groups in total. The Hall–Kier alpha value is -0.570. The molecule has 16 heavy (non-hydrogen) atoms. The Kier molecular flexibility index (Phi) is 5.81. The number of hydrogen-bond acceptors (Lipinski definition) is 2. The Labute approximate surface area is 99.4 Å². The number of nitrogens with two attached hydrogens (primary N) is 1. The molecule has 1 aliphatic heterocycles. The molecular weight excluding hydrogens is 200 g/mol. The minimum absolute atomic E-state index is 0.301. The van der Waals surface area contributed by atoms with Crippen molar-refractivity contribution in [3.05, 3.63) is 0 Å². The molecule has 0 aromatic rings. The molecule has 3 heteroatoms. The molecule has 1 aliphatic rings. The fraction of sp³-hybridized carbons (Fsp3) is 0.923. The second-order valence-electron chi connectivity index (χ2n) is 5.13. The summed E-state index contributed by atoms with van der Waals surface area (Å²) in [6.45, 7) is 6.81. The first kappa shape index (κ1) is 13.5. The van der Waals surface area contributed by atoms with Crippen LogP contribution in [0, 0.1) is 11.8 Å². The van der Waals surface area contributed by atoms with Crippen LogP contribution in [0.15, 0.2) is 0 Å². The first-order valence-electron chi connectivity index (χ1n) is 6.65. The fourth-order valence-electron chi connectivity index (χ4n) is 2.33. The van der Waals surface area contributed by atoms with Crippen LogP contribution in [-0.2, 0) is 4.79 Å². The zero-order valence-electron chi connectivity index (χ0n) is 10.7. The summed E-state index contributed by atoms with van der Waals surface area (Å²) in [4.78, 5) is 14.0. The lowest BCUT2D eigenvalue weighted by Gasteiger charge is -2.22. The van der Waals surface area contributed by atoms with Gasteiger partial charge in [0.25, 0.3) is 0 Å². The van der Waals surface area contributed by atoms with Crippen molar-refractivity contribution in [1.82, 2.24) is 4.90 Å². The second-order valence-corrected chi connectivity index (χ2v) is 5.13. The van der Waals surface area contributed by atoms with E-state index in [9.17, 15) is 4.79 Å². The van der Waals surface area contributed by atoms with E-state index in [0.717, 1.165) is 19.0 Å². The van der Waals surface area contributed by atoms with Gasteiger partial charge in [0.15, 0.2) is 0 Å². The average molecular weight is 226 g/mol. The Bertz CT molecular complexity index is 218. The van der Waals surface area contributed by atoms with Crippen molar-refractivity contribution in [2.75, 3.05) is 19.6 Å². The molecule has 94 valence electrons. The van der Waals surface area contributed by atoms with Gasteiger partial charge in [0, 0.05) is 19.5 Å². The van der Waals surface area contributed by atoms with Gasteiger partial charge in [-0.25, -0.2) is 0 Å². The van der Waals surface area contributed by atoms with Crippen molar-refractivity contribution in [3.63, 3.8) is 0 Å². The molecule has 0 saturated carbocycles. The second kappa shape index (κ2) is 6.89. The number of carbonyl (C=O) groups excluding carboxylic acids is 1. The van der Waals surface area contributed by atoms with Crippen LogP contribution in [0.4, 0.5) is 0 Å². The zero-order chi connectivity index (χ0) is 12.0. The van der Waals surface area contributed by atoms with Crippen LogP contribution in [-0.4, -0.2) is 30.4 Å². The molecule has 0 bridgehead atoms. The van der Waals surface area contributed by atoms with Crippen molar-refractivity contribution >= 4 is 5.91 Å². The van der Waals surface area contributed by atoms with Crippen LogP contribution in [0.25, 0.3) is 0 Å². The predicted molar refractivity (Wildman–Crippen MR) is 67.0 cm³/mol. The summed E-state index contributed by atoms with van der Waals surface area (Å²) < 4.78 is 0. The van der Waals surface area contributed by atoms with E-state index in [0.29, 0.717) is 24.8 Å². The van der Waals surface area contributed by atoms with E-state index >= 15 is 0 Å². The highest BCUT2D eigenvalue weighted by Crippen LogP contribution is 2.21. The van der Waals surface area contributed by atoms with E-state index in [-0.39, 0.29) is 0 Å². The quantitative estimate of drug-likeness (QED) is 0.797. The summed E-state index contributed by atoms with van der Waals surface area (Å²) >= 11 is 0. The lowest BCUT2D eigenvalue weighted by molar-refractivity contribution is -0.132. The third-order valence-corrected chi connectivity index (χ3v) is 3.70. The largest absolute Gasteiger partial charge is 0.343 e. The lowest BCUT2D eigenvalue weighted by Crippen LogP contribution is -2.33. The highest BCUT2D eigenvalue weighted by Gasteiger charge is 2.20. The number of hydrogen-bond donors (Lipinski definition) is 1. The molecule has 0 aromatic heterocycles. The maximum atomic E-state index is 12.0. The first-order valence-corrected chi connectivity index (χ1v) is 6.65. The summed E-state index contributed by atoms with van der Waals surface area (Å²) in [6.07, 6.45) is 5.50. The Morgan fingerprint density at radius 2 is 2.19 bits per heavy atom. The van der Waals surface area contributed by atoms with Crippen molar-refractivity contribution in [2.24, 2.45) is 17.6 Å². The number of carbonyl (C=O) groups is 1. The number of nitrogens with zero attached hydrogens (tertiary/aromatic N) is 1. The molecule has 1 amide bonds. The lowest BCUT2D eigenvalue weighted by atomic mass is 9.98. The van der Waals surface area contributed by atoms with Gasteiger partial charge in [-0.1, -0.05) is 20.3 Å². The number of rotatable bonds is 4. The predicted octanol–water partition coefficient (Wildman–Crippen LogP) is 2.01. The van der Waals surface area contributed by atoms with Crippen molar-refractivity contribution < 1.29 is 4.79 Å². The minimum atomic E-state index is 0.301. The van der Waals surface area contributed by atoms with Crippen LogP contribution in [0.2, 0.25) is 0 Å². The average Bonchev–Trinajstić information content (AvgIpc) is 2.53. The van der Waals surface area contributed by atoms with E-state index in [1.165, 1.54) is 25.7 Å². The number of amides is 1. The van der Waals surface area contributed by atoms with Gasteiger partial charge in [-0.05, 0) is 37.6 Å². The van der Waals surface area contributed by atoms with E-state index < -0.39 is 0 Å². The summed E-state index contributed by atoms with van der Waals surface area (Å²) in [7, 11) is 0. The summed E-state index contributed by atoms with van der Waals surface area (Å²) in [6, 6.07) is 0. The van der Waals surface area contributed by atoms with Gasteiger partial charge >= 0.3 is 0 Å². The Balaban J connectivity index is 2.38. The summed E-state index contributed by atoms with van der Waals surface area (Å²) in [5.41, 5.74) is 5.55. The van der Waals surface area contributed by atoms with Gasteiger partial charge in [0.2, 0.25) is 5.91 Å². The molecule has 0 radical (unpaired) electrons. The van der Waals surface area contributed by atoms with Crippen molar-refractivity contribution in [1.29, 1.82) is 0 Å². The van der Waals surface area contributed by atoms with Gasteiger partial charge in [-0.2, -0.15) is 0 Å². The normalized spacial score (nSPS) is 23.9. The summed E-state index contributed by atoms with van der Waals surface area (Å²) in [5, 5.41) is 0. The molecule has 0 spiro atoms. The molecule has 0 aliphatic carbocycles. The van der Waals surface area contributed by atoms with Gasteiger partial charge in [-0.15, -0.1) is 0 Å². The monoisotopic (exact) mass is 226 g/mol. The standard InChI is InChI=1S/C13H26N2O/c1-3-12-5-4-7-15(8-6-12)13(16)9-11(2)10-14/h11-12H,3-10,14H2,1-2H3. The molecule has 2 atom stereocenters. The molecule has 2 unspecified atom stereocenters. The molecule has 0 aromatic carbocycles. The smallest absolute Gasteiger partial charge is 0.222 e. The van der Waals surface area contributed by atoms with Gasteiger partial charge in [0.1, 0.15) is 0 Å². The highest BCUT2D eigenvalue weighted by molar-refractivity contribution is 5.76. The fourth-order valence-corrected chi connectivity index (χ4v) is 2.33. The molecule has 1 fully saturated rings. The van der Waals surface area contributed by atoms with E-state index in [1.54, 1.807) is 0 Å². The number of likely N-dealkylation sites (tertiary alicyclic amines) is 1. The van der Waals surface area contributed by atoms with Crippen LogP contribution in [0.5, 0.6) is 0 Å². The molecule has 1 rings (SSSR count). The van der Waals surface area contributed by atoms with Gasteiger partial charge < -0.3 is 10.6 Å². The van der Waals surface area contributed by atoms with E-state index in [1.807, 2.05) is 11.8 Å². The zero-order valence-corrected chi connectivity index (χ0v) is 10.7. The van der Waals surface area contributed by atoms with Crippen LogP contribution >= 0.6 is 0 Å². The highest BCUT2D eigenvalue weighted by atomic mass is 16.2. The van der Waals surface area contributed by atoms with Crippen LogP contribution in [0.3, 0.4) is 0 Å². The Morgan fingerprint density at radius 3 is 2.81 bits per heavy atom. The summed E-state index contributed by atoms with van der Waals surface area (Å²) in [5.74, 6) is 1.44. The minimum Gasteiger partial charge on any atom is -0.343 e. The van der Waals surface area contributed by atoms with E-state index in [2.05, 4.69) is 6.92 Å². The van der Waals surface area contributed by atoms with Gasteiger partial charge in [0.05, 0.1) is 0 Å². The van der Waals surface area contributed by atoms with E-state index in [4.69, 9.17) is 5.73 Å². The SMILES string of the molecule is CCC1CCCN(C(=O)CC(C)CN)CC1. The third-order valence-electron chi connectivity index (χ3n) is 3.70. The topological polar surface area (TPSA) is 46.3 Å². The first-order chi connectivity index (χ1) is 7.67. The third kappa shape index (κ3) is 4.12. The molecule has 1 heterocycles. The Morgan fingerprint density at radius 1 is 1.44 bits per heavy atom.